The molecular formula is C51H52N4O3S2. The minimum Gasteiger partial charge on any atom is -0.497 e. The highest BCUT2D eigenvalue weighted by Crippen LogP contribution is 2.50. The number of ether oxygens (including phenoxy) is 1. The van der Waals surface area contributed by atoms with Crippen molar-refractivity contribution in [1.82, 2.24) is 19.1 Å². The van der Waals surface area contributed by atoms with Gasteiger partial charge >= 0.3 is 0 Å². The third kappa shape index (κ3) is 6.86. The first-order valence-corrected chi connectivity index (χ1v) is 23.8. The Morgan fingerprint density at radius 1 is 0.583 bits per heavy atom. The standard InChI is InChI=1S/C51H52N4O3S2/c1-34-18-20-37(21-19-34)54-46(56)42-44(40-16-7-5-14-35(40)32-50(42)26-9-3-10-27-50)52-48(54)59-30-13-31-60-49-53-45-41-17-8-6-15-36(41)33-51(28-11-4-12-29-51)43(45)47(57)55(49)38-22-24-39(58-2)25-23-38/h5-8,14-25H,3-4,9-13,26-33H2,1-2H3. The Balaban J connectivity index is 1.00. The number of aryl methyl sites for hydroxylation is 1. The molecule has 4 aliphatic carbocycles. The molecule has 7 nitrogen and oxygen atoms in total. The molecule has 306 valence electrons. The first-order valence-electron chi connectivity index (χ1n) is 21.9. The Morgan fingerprint density at radius 2 is 1.02 bits per heavy atom. The molecule has 0 radical (unpaired) electrons. The van der Waals surface area contributed by atoms with Gasteiger partial charge in [0.25, 0.3) is 11.1 Å². The van der Waals surface area contributed by atoms with Crippen LogP contribution >= 0.6 is 23.5 Å². The topological polar surface area (TPSA) is 79.0 Å². The summed E-state index contributed by atoms with van der Waals surface area (Å²) in [4.78, 5) is 41.1. The molecule has 2 saturated carbocycles. The van der Waals surface area contributed by atoms with E-state index in [-0.39, 0.29) is 21.9 Å². The first-order chi connectivity index (χ1) is 29.4. The lowest BCUT2D eigenvalue weighted by molar-refractivity contribution is 0.283. The maximum atomic E-state index is 15.1. The van der Waals surface area contributed by atoms with Crippen LogP contribution in [0, 0.1) is 6.92 Å². The second kappa shape index (κ2) is 16.2. The van der Waals surface area contributed by atoms with Crippen LogP contribution < -0.4 is 15.9 Å². The number of hydrogen-bond donors (Lipinski definition) is 0. The normalized spacial score (nSPS) is 17.1. The molecule has 4 aliphatic rings. The van der Waals surface area contributed by atoms with Crippen LogP contribution in [0.3, 0.4) is 0 Å². The number of benzene rings is 4. The highest BCUT2D eigenvalue weighted by molar-refractivity contribution is 8.00. The minimum atomic E-state index is -0.202. The molecule has 2 heterocycles. The predicted octanol–water partition coefficient (Wildman–Crippen LogP) is 11.2. The van der Waals surface area contributed by atoms with Crippen molar-refractivity contribution >= 4 is 23.5 Å². The lowest BCUT2D eigenvalue weighted by Gasteiger charge is -2.42. The van der Waals surface area contributed by atoms with Gasteiger partial charge in [-0.3, -0.25) is 18.7 Å². The molecule has 0 amide bonds. The van der Waals surface area contributed by atoms with Crippen LogP contribution in [0.2, 0.25) is 0 Å². The highest BCUT2D eigenvalue weighted by Gasteiger charge is 2.45. The fraction of sp³-hybridized carbons (Fsp3) is 0.373. The van der Waals surface area contributed by atoms with Crippen molar-refractivity contribution in [2.45, 2.75) is 112 Å². The van der Waals surface area contributed by atoms with E-state index in [2.05, 4.69) is 79.7 Å². The monoisotopic (exact) mass is 832 g/mol. The van der Waals surface area contributed by atoms with Gasteiger partial charge in [-0.05, 0) is 99.4 Å². The molecule has 6 aromatic rings. The summed E-state index contributed by atoms with van der Waals surface area (Å²) >= 11 is 3.29. The summed E-state index contributed by atoms with van der Waals surface area (Å²) in [6, 6.07) is 33.2. The fourth-order valence-electron chi connectivity index (χ4n) is 10.8. The Bertz CT molecular complexity index is 2690. The van der Waals surface area contributed by atoms with Gasteiger partial charge in [0, 0.05) is 33.5 Å². The molecule has 2 fully saturated rings. The van der Waals surface area contributed by atoms with Crippen molar-refractivity contribution in [2.24, 2.45) is 0 Å². The van der Waals surface area contributed by atoms with E-state index in [1.54, 1.807) is 30.6 Å². The zero-order valence-electron chi connectivity index (χ0n) is 34.7. The second-order valence-corrected chi connectivity index (χ2v) is 19.6. The smallest absolute Gasteiger partial charge is 0.263 e. The zero-order chi connectivity index (χ0) is 40.8. The molecule has 0 N–H and O–H groups in total. The number of nitrogens with zero attached hydrogens (tertiary/aromatic N) is 4. The van der Waals surface area contributed by atoms with E-state index in [1.165, 1.54) is 24.0 Å². The van der Waals surface area contributed by atoms with E-state index in [9.17, 15) is 0 Å². The summed E-state index contributed by atoms with van der Waals surface area (Å²) in [5, 5.41) is 1.43. The van der Waals surface area contributed by atoms with Crippen molar-refractivity contribution in [3.63, 3.8) is 0 Å². The second-order valence-electron chi connectivity index (χ2n) is 17.5. The molecule has 0 atom stereocenters. The highest BCUT2D eigenvalue weighted by atomic mass is 32.2. The van der Waals surface area contributed by atoms with Crippen LogP contribution in [0.25, 0.3) is 33.9 Å². The summed E-state index contributed by atoms with van der Waals surface area (Å²) in [5.74, 6) is 2.24. The molecule has 0 saturated heterocycles. The van der Waals surface area contributed by atoms with Crippen molar-refractivity contribution in [3.8, 4) is 39.6 Å². The van der Waals surface area contributed by atoms with Crippen LogP contribution in [0.15, 0.2) is 117 Å². The molecule has 4 aromatic carbocycles. The molecule has 0 unspecified atom stereocenters. The van der Waals surface area contributed by atoms with Gasteiger partial charge in [0.1, 0.15) is 5.75 Å². The van der Waals surface area contributed by atoms with Crippen molar-refractivity contribution < 1.29 is 4.74 Å². The van der Waals surface area contributed by atoms with E-state index in [1.807, 2.05) is 33.4 Å². The zero-order valence-corrected chi connectivity index (χ0v) is 36.3. The molecule has 9 heteroatoms. The summed E-state index contributed by atoms with van der Waals surface area (Å²) < 4.78 is 9.26. The van der Waals surface area contributed by atoms with Crippen molar-refractivity contribution in [1.29, 1.82) is 0 Å². The van der Waals surface area contributed by atoms with Gasteiger partial charge in [-0.1, -0.05) is 128 Å². The van der Waals surface area contributed by atoms with Gasteiger partial charge < -0.3 is 4.74 Å². The molecule has 60 heavy (non-hydrogen) atoms. The lowest BCUT2D eigenvalue weighted by Crippen LogP contribution is -2.43. The van der Waals surface area contributed by atoms with Gasteiger partial charge in [0.05, 0.1) is 41.0 Å². The fourth-order valence-corrected chi connectivity index (χ4v) is 12.9. The Morgan fingerprint density at radius 3 is 1.47 bits per heavy atom. The summed E-state index contributed by atoms with van der Waals surface area (Å²) in [7, 11) is 1.66. The predicted molar refractivity (Wildman–Crippen MR) is 245 cm³/mol. The van der Waals surface area contributed by atoms with Gasteiger partial charge in [0.15, 0.2) is 10.3 Å². The van der Waals surface area contributed by atoms with E-state index in [0.717, 1.165) is 144 Å². The average molecular weight is 833 g/mol. The van der Waals surface area contributed by atoms with Crippen LogP contribution in [0.1, 0.15) is 98.4 Å². The number of thioether (sulfide) groups is 2. The van der Waals surface area contributed by atoms with E-state index < -0.39 is 0 Å². The lowest BCUT2D eigenvalue weighted by atomic mass is 9.62. The third-order valence-electron chi connectivity index (χ3n) is 13.8. The number of methoxy groups -OCH3 is 1. The maximum Gasteiger partial charge on any atom is 0.263 e. The van der Waals surface area contributed by atoms with Crippen molar-refractivity contribution in [3.05, 3.63) is 146 Å². The molecule has 0 aliphatic heterocycles. The maximum absolute atomic E-state index is 15.1. The number of hydrogen-bond acceptors (Lipinski definition) is 7. The summed E-state index contributed by atoms with van der Waals surface area (Å²) in [5.41, 5.74) is 10.9. The minimum absolute atomic E-state index is 0.0508. The summed E-state index contributed by atoms with van der Waals surface area (Å²) in [6.45, 7) is 2.08. The Hall–Kier alpha value is -4.86. The number of aromatic nitrogens is 4. The van der Waals surface area contributed by atoms with Gasteiger partial charge in [-0.2, -0.15) is 0 Å². The third-order valence-corrected chi connectivity index (χ3v) is 15.8. The van der Waals surface area contributed by atoms with Gasteiger partial charge in [-0.25, -0.2) is 9.97 Å². The van der Waals surface area contributed by atoms with Gasteiger partial charge in [-0.15, -0.1) is 0 Å². The molecule has 0 bridgehead atoms. The van der Waals surface area contributed by atoms with E-state index in [0.29, 0.717) is 5.16 Å². The summed E-state index contributed by atoms with van der Waals surface area (Å²) in [6.07, 6.45) is 13.6. The van der Waals surface area contributed by atoms with E-state index in [4.69, 9.17) is 14.7 Å². The SMILES string of the molecule is COc1ccc(-n2c(SCCCSc3nc4c(c(=O)n3-c3ccc(C)cc3)C3(CCCCC3)Cc3ccccc3-4)nc3c(c2=O)C2(CCCCC2)Cc2ccccc2-3)cc1. The quantitative estimate of drug-likeness (QED) is 0.0815. The molecule has 2 spiro atoms. The van der Waals surface area contributed by atoms with Crippen LogP contribution in [-0.2, 0) is 23.7 Å². The Kier molecular flexibility index (Phi) is 10.6. The van der Waals surface area contributed by atoms with Crippen LogP contribution in [0.5, 0.6) is 5.75 Å². The molecule has 2 aromatic heterocycles. The van der Waals surface area contributed by atoms with Crippen LogP contribution in [-0.4, -0.2) is 37.7 Å². The first kappa shape index (κ1) is 39.3. The van der Waals surface area contributed by atoms with Gasteiger partial charge in [0.2, 0.25) is 0 Å². The van der Waals surface area contributed by atoms with Crippen LogP contribution in [0.4, 0.5) is 0 Å². The van der Waals surface area contributed by atoms with Crippen molar-refractivity contribution in [2.75, 3.05) is 18.6 Å². The Labute approximate surface area is 361 Å². The van der Waals surface area contributed by atoms with E-state index >= 15 is 9.59 Å². The number of rotatable bonds is 9. The number of fused-ring (bicyclic) bond motifs is 8. The molecular weight excluding hydrogens is 781 g/mol. The average Bonchev–Trinajstić information content (AvgIpc) is 3.27. The molecule has 10 rings (SSSR count). The largest absolute Gasteiger partial charge is 0.497 e.